The number of pyridine rings is 1. The average Bonchev–Trinajstić information content (AvgIpc) is 2.63. The maximum atomic E-state index is 12.7. The molecule has 5 nitrogen and oxygen atoms in total. The van der Waals surface area contributed by atoms with Gasteiger partial charge in [0.25, 0.3) is 6.43 Å². The number of unbranched alkanes of at least 4 members (excludes halogenated alkanes) is 1. The predicted octanol–water partition coefficient (Wildman–Crippen LogP) is 3.53. The highest BCUT2D eigenvalue weighted by atomic mass is 19.3. The first-order chi connectivity index (χ1) is 12.5. The Balaban J connectivity index is 2.40. The first-order valence-corrected chi connectivity index (χ1v) is 9.24. The second kappa shape index (κ2) is 12.6. The lowest BCUT2D eigenvalue weighted by Crippen LogP contribution is -2.31. The lowest BCUT2D eigenvalue weighted by molar-refractivity contribution is -0.140. The zero-order valence-corrected chi connectivity index (χ0v) is 16.1. The van der Waals surface area contributed by atoms with E-state index < -0.39 is 6.43 Å². The summed E-state index contributed by atoms with van der Waals surface area (Å²) in [5.74, 6) is 0.607. The van der Waals surface area contributed by atoms with E-state index in [0.717, 1.165) is 37.2 Å². The van der Waals surface area contributed by atoms with Gasteiger partial charge in [0, 0.05) is 19.2 Å². The summed E-state index contributed by atoms with van der Waals surface area (Å²) < 4.78 is 30.0. The molecule has 1 aromatic heterocycles. The van der Waals surface area contributed by atoms with Crippen LogP contribution in [-0.4, -0.2) is 56.1 Å². The molecule has 0 bridgehead atoms. The Morgan fingerprint density at radius 1 is 1.27 bits per heavy atom. The van der Waals surface area contributed by atoms with Crippen molar-refractivity contribution in [3.63, 3.8) is 0 Å². The summed E-state index contributed by atoms with van der Waals surface area (Å²) in [6, 6.07) is 4.12. The number of methoxy groups -OCH3 is 1. The summed E-state index contributed by atoms with van der Waals surface area (Å²) >= 11 is 0. The van der Waals surface area contributed by atoms with Gasteiger partial charge in [-0.25, -0.2) is 13.8 Å². The van der Waals surface area contributed by atoms with Crippen LogP contribution in [0.3, 0.4) is 0 Å². The molecule has 0 atom stereocenters. The van der Waals surface area contributed by atoms with Gasteiger partial charge in [0.15, 0.2) is 0 Å². The van der Waals surface area contributed by atoms with Crippen molar-refractivity contribution in [1.82, 2.24) is 9.88 Å². The quantitative estimate of drug-likeness (QED) is 0.425. The minimum atomic E-state index is -2.37. The highest BCUT2D eigenvalue weighted by Crippen LogP contribution is 2.15. The SMILES string of the molecule is CCc1ccc(CCCCN(CCCC(=O)OC)CC(F)F)nc1NC. The van der Waals surface area contributed by atoms with E-state index in [1.807, 2.05) is 13.1 Å². The van der Waals surface area contributed by atoms with Crippen molar-refractivity contribution in [2.24, 2.45) is 0 Å². The van der Waals surface area contributed by atoms with Crippen LogP contribution >= 0.6 is 0 Å². The Hall–Kier alpha value is -1.76. The van der Waals surface area contributed by atoms with Gasteiger partial charge in [0.2, 0.25) is 0 Å². The van der Waals surface area contributed by atoms with E-state index in [1.165, 1.54) is 12.7 Å². The Bertz CT molecular complexity index is 542. The molecule has 1 N–H and O–H groups in total. The molecule has 0 aromatic carbocycles. The molecule has 0 spiro atoms. The number of nitrogens with zero attached hydrogens (tertiary/aromatic N) is 2. The lowest BCUT2D eigenvalue weighted by Gasteiger charge is -2.21. The number of hydrogen-bond donors (Lipinski definition) is 1. The van der Waals surface area contributed by atoms with Gasteiger partial charge in [-0.2, -0.15) is 0 Å². The molecule has 0 aliphatic rings. The monoisotopic (exact) mass is 371 g/mol. The number of anilines is 1. The van der Waals surface area contributed by atoms with Gasteiger partial charge in [0.1, 0.15) is 5.82 Å². The molecule has 26 heavy (non-hydrogen) atoms. The number of carbonyl (C=O) groups is 1. The van der Waals surface area contributed by atoms with Crippen LogP contribution < -0.4 is 5.32 Å². The zero-order valence-electron chi connectivity index (χ0n) is 16.1. The third-order valence-electron chi connectivity index (χ3n) is 4.29. The van der Waals surface area contributed by atoms with Crippen LogP contribution in [0.2, 0.25) is 0 Å². The molecule has 0 amide bonds. The van der Waals surface area contributed by atoms with E-state index in [-0.39, 0.29) is 18.9 Å². The molecule has 0 unspecified atom stereocenters. The number of nitrogens with one attached hydrogen (secondary N) is 1. The van der Waals surface area contributed by atoms with Crippen LogP contribution in [0.4, 0.5) is 14.6 Å². The molecule has 0 fully saturated rings. The van der Waals surface area contributed by atoms with E-state index in [1.54, 1.807) is 4.90 Å². The van der Waals surface area contributed by atoms with Crippen molar-refractivity contribution in [2.45, 2.75) is 51.9 Å². The van der Waals surface area contributed by atoms with Gasteiger partial charge in [-0.05, 0) is 56.8 Å². The Labute approximate surface area is 155 Å². The van der Waals surface area contributed by atoms with Crippen molar-refractivity contribution in [1.29, 1.82) is 0 Å². The van der Waals surface area contributed by atoms with Gasteiger partial charge in [0.05, 0.1) is 13.7 Å². The molecule has 1 heterocycles. The Morgan fingerprint density at radius 3 is 2.62 bits per heavy atom. The molecule has 0 saturated heterocycles. The number of alkyl halides is 2. The summed E-state index contributed by atoms with van der Waals surface area (Å²) in [5, 5.41) is 3.11. The van der Waals surface area contributed by atoms with Gasteiger partial charge in [-0.1, -0.05) is 13.0 Å². The Morgan fingerprint density at radius 2 is 2.00 bits per heavy atom. The smallest absolute Gasteiger partial charge is 0.305 e. The topological polar surface area (TPSA) is 54.5 Å². The highest BCUT2D eigenvalue weighted by Gasteiger charge is 2.12. The van der Waals surface area contributed by atoms with Gasteiger partial charge < -0.3 is 10.1 Å². The minimum absolute atomic E-state index is 0.255. The van der Waals surface area contributed by atoms with Crippen molar-refractivity contribution >= 4 is 11.8 Å². The van der Waals surface area contributed by atoms with Gasteiger partial charge in [-0.3, -0.25) is 9.69 Å². The molecular weight excluding hydrogens is 340 g/mol. The number of rotatable bonds is 13. The third-order valence-corrected chi connectivity index (χ3v) is 4.29. The molecule has 0 aliphatic heterocycles. The molecule has 0 aliphatic carbocycles. The number of ether oxygens (including phenoxy) is 1. The number of halogens is 2. The van der Waals surface area contributed by atoms with Crippen LogP contribution in [0.1, 0.15) is 43.9 Å². The number of carbonyl (C=O) groups excluding carboxylic acids is 1. The van der Waals surface area contributed by atoms with E-state index in [9.17, 15) is 13.6 Å². The van der Waals surface area contributed by atoms with Crippen LogP contribution in [0.25, 0.3) is 0 Å². The van der Waals surface area contributed by atoms with E-state index in [4.69, 9.17) is 0 Å². The fraction of sp³-hybridized carbons (Fsp3) is 0.684. The van der Waals surface area contributed by atoms with E-state index >= 15 is 0 Å². The van der Waals surface area contributed by atoms with Crippen LogP contribution in [-0.2, 0) is 22.4 Å². The first-order valence-electron chi connectivity index (χ1n) is 9.24. The summed E-state index contributed by atoms with van der Waals surface area (Å²) in [5.41, 5.74) is 2.20. The van der Waals surface area contributed by atoms with Crippen molar-refractivity contribution in [3.05, 3.63) is 23.4 Å². The fourth-order valence-corrected chi connectivity index (χ4v) is 2.85. The zero-order chi connectivity index (χ0) is 19.4. The average molecular weight is 371 g/mol. The van der Waals surface area contributed by atoms with Crippen molar-refractivity contribution in [2.75, 3.05) is 39.1 Å². The third kappa shape index (κ3) is 8.56. The van der Waals surface area contributed by atoms with Crippen molar-refractivity contribution < 1.29 is 18.3 Å². The van der Waals surface area contributed by atoms with Crippen LogP contribution in [0.5, 0.6) is 0 Å². The molecule has 1 rings (SSSR count). The minimum Gasteiger partial charge on any atom is -0.469 e. The predicted molar refractivity (Wildman–Crippen MR) is 99.8 cm³/mol. The van der Waals surface area contributed by atoms with E-state index in [2.05, 4.69) is 28.0 Å². The van der Waals surface area contributed by atoms with Gasteiger partial charge >= 0.3 is 5.97 Å². The number of esters is 1. The molecule has 0 saturated carbocycles. The normalized spacial score (nSPS) is 11.2. The lowest BCUT2D eigenvalue weighted by atomic mass is 10.1. The molecule has 7 heteroatoms. The molecular formula is C19H31F2N3O2. The van der Waals surface area contributed by atoms with Crippen LogP contribution in [0, 0.1) is 0 Å². The summed E-state index contributed by atoms with van der Waals surface area (Å²) in [6.07, 6.45) is 1.88. The number of aryl methyl sites for hydroxylation is 2. The number of aromatic nitrogens is 1. The maximum absolute atomic E-state index is 12.7. The standard InChI is InChI=1S/C19H31F2N3O2/c1-4-15-10-11-16(23-19(15)22-2)8-5-6-12-24(14-17(20)21)13-7-9-18(25)26-3/h10-11,17H,4-9,12-14H2,1-3H3,(H,22,23). The first kappa shape index (κ1) is 22.3. The van der Waals surface area contributed by atoms with Crippen molar-refractivity contribution in [3.8, 4) is 0 Å². The van der Waals surface area contributed by atoms with Crippen LogP contribution in [0.15, 0.2) is 12.1 Å². The Kier molecular flexibility index (Phi) is 10.8. The number of hydrogen-bond acceptors (Lipinski definition) is 5. The maximum Gasteiger partial charge on any atom is 0.305 e. The molecule has 0 radical (unpaired) electrons. The second-order valence-corrected chi connectivity index (χ2v) is 6.24. The largest absolute Gasteiger partial charge is 0.469 e. The highest BCUT2D eigenvalue weighted by molar-refractivity contribution is 5.69. The summed E-state index contributed by atoms with van der Waals surface area (Å²) in [4.78, 5) is 17.5. The second-order valence-electron chi connectivity index (χ2n) is 6.24. The summed E-state index contributed by atoms with van der Waals surface area (Å²) in [7, 11) is 3.20. The fourth-order valence-electron chi connectivity index (χ4n) is 2.85. The molecule has 148 valence electrons. The molecule has 1 aromatic rings. The van der Waals surface area contributed by atoms with E-state index in [0.29, 0.717) is 19.5 Å². The van der Waals surface area contributed by atoms with Gasteiger partial charge in [-0.15, -0.1) is 0 Å². The summed E-state index contributed by atoms with van der Waals surface area (Å²) in [6.45, 7) is 2.91.